The molecule has 0 spiro atoms. The molecule has 1 aromatic heterocycles. The summed E-state index contributed by atoms with van der Waals surface area (Å²) in [5.41, 5.74) is -0.126. The van der Waals surface area contributed by atoms with Gasteiger partial charge in [-0.15, -0.1) is 0 Å². The van der Waals surface area contributed by atoms with Gasteiger partial charge < -0.3 is 19.5 Å². The van der Waals surface area contributed by atoms with E-state index in [2.05, 4.69) is 5.32 Å². The van der Waals surface area contributed by atoms with Crippen LogP contribution in [0, 0.1) is 5.92 Å². The Hall–Kier alpha value is -5.09. The van der Waals surface area contributed by atoms with Gasteiger partial charge in [-0.3, -0.25) is 23.7 Å². The summed E-state index contributed by atoms with van der Waals surface area (Å²) in [5.74, 6) is -3.89. The lowest BCUT2D eigenvalue weighted by Gasteiger charge is -2.31. The van der Waals surface area contributed by atoms with E-state index in [0.717, 1.165) is 46.2 Å². The van der Waals surface area contributed by atoms with Gasteiger partial charge in [0.15, 0.2) is 11.5 Å². The first kappa shape index (κ1) is 34.8. The van der Waals surface area contributed by atoms with Gasteiger partial charge in [0, 0.05) is 16.5 Å². The van der Waals surface area contributed by atoms with E-state index < -0.39 is 63.9 Å². The van der Waals surface area contributed by atoms with Gasteiger partial charge in [0.25, 0.3) is 0 Å². The smallest absolute Gasteiger partial charge is 0.416 e. The second-order valence-corrected chi connectivity index (χ2v) is 13.3. The minimum Gasteiger partial charge on any atom is -0.493 e. The Balaban J connectivity index is 1.38. The van der Waals surface area contributed by atoms with Crippen molar-refractivity contribution in [1.82, 2.24) is 4.57 Å². The van der Waals surface area contributed by atoms with Crippen LogP contribution in [0.25, 0.3) is 0 Å². The standard InChI is InChI=1S/C34H28F3N3O8S2/c1-4-48-32(44)17-8-11-20(12-9-17)38-24(41)16-39-31-28(50-33(39)45)25(18-10-13-22(46-2)23(14-18)47-3)26-27(49-31)30(43)40(29(26)42)21-7-5-6-19(15-21)34(35,36)37/h5-15,25-27H,4,16H2,1-3H3,(H,38,41)/t25-,26?,27?/m1/s1. The number of anilines is 2. The number of halogens is 3. The molecule has 3 atom stereocenters. The summed E-state index contributed by atoms with van der Waals surface area (Å²) < 4.78 is 57.8. The number of hydrogen-bond acceptors (Lipinski definition) is 10. The molecule has 2 unspecified atom stereocenters. The number of thioether (sulfide) groups is 1. The number of benzene rings is 3. The summed E-state index contributed by atoms with van der Waals surface area (Å²) in [7, 11) is 2.87. The fraction of sp³-hybridized carbons (Fsp3) is 0.265. The van der Waals surface area contributed by atoms with E-state index in [0.29, 0.717) is 27.6 Å². The molecule has 6 rings (SSSR count). The molecule has 50 heavy (non-hydrogen) atoms. The van der Waals surface area contributed by atoms with E-state index in [1.54, 1.807) is 25.1 Å². The summed E-state index contributed by atoms with van der Waals surface area (Å²) in [6, 6.07) is 14.8. The van der Waals surface area contributed by atoms with Crippen molar-refractivity contribution in [2.45, 2.75) is 35.8 Å². The highest BCUT2D eigenvalue weighted by Crippen LogP contribution is 2.54. The van der Waals surface area contributed by atoms with Crippen LogP contribution in [-0.2, 0) is 31.8 Å². The summed E-state index contributed by atoms with van der Waals surface area (Å²) in [6.07, 6.45) is -4.71. The Morgan fingerprint density at radius 1 is 0.920 bits per heavy atom. The molecular formula is C34H28F3N3O8S2. The van der Waals surface area contributed by atoms with E-state index in [1.807, 2.05) is 0 Å². The number of esters is 1. The number of nitrogens with zero attached hydrogens (tertiary/aromatic N) is 2. The van der Waals surface area contributed by atoms with E-state index in [4.69, 9.17) is 14.2 Å². The number of aromatic nitrogens is 1. The number of hydrogen-bond donors (Lipinski definition) is 1. The Morgan fingerprint density at radius 3 is 2.30 bits per heavy atom. The number of nitrogens with one attached hydrogen (secondary N) is 1. The molecule has 1 N–H and O–H groups in total. The van der Waals surface area contributed by atoms with Gasteiger partial charge in [0.2, 0.25) is 17.7 Å². The summed E-state index contributed by atoms with van der Waals surface area (Å²) >= 11 is 1.73. The molecule has 11 nitrogen and oxygen atoms in total. The number of alkyl halides is 3. The van der Waals surface area contributed by atoms with Crippen molar-refractivity contribution in [1.29, 1.82) is 0 Å². The predicted molar refractivity (Wildman–Crippen MR) is 178 cm³/mol. The van der Waals surface area contributed by atoms with Crippen molar-refractivity contribution in [3.8, 4) is 11.5 Å². The highest BCUT2D eigenvalue weighted by atomic mass is 32.2. The zero-order valence-corrected chi connectivity index (χ0v) is 28.2. The highest BCUT2D eigenvalue weighted by molar-refractivity contribution is 8.00. The van der Waals surface area contributed by atoms with Gasteiger partial charge in [-0.1, -0.05) is 35.2 Å². The number of ether oxygens (including phenoxy) is 3. The lowest BCUT2D eigenvalue weighted by atomic mass is 9.83. The number of carbonyl (C=O) groups is 4. The van der Waals surface area contributed by atoms with Crippen LogP contribution in [0.5, 0.6) is 11.5 Å². The molecule has 16 heteroatoms. The quantitative estimate of drug-likeness (QED) is 0.174. The third-order valence-electron chi connectivity index (χ3n) is 8.23. The average Bonchev–Trinajstić information content (AvgIpc) is 3.54. The Labute approximate surface area is 290 Å². The molecule has 0 aliphatic carbocycles. The normalized spacial score (nSPS) is 18.4. The van der Waals surface area contributed by atoms with Crippen LogP contribution in [0.1, 0.15) is 39.2 Å². The topological polar surface area (TPSA) is 133 Å². The van der Waals surface area contributed by atoms with E-state index in [-0.39, 0.29) is 22.9 Å². The Kier molecular flexibility index (Phi) is 9.50. The van der Waals surface area contributed by atoms with Crippen molar-refractivity contribution in [2.24, 2.45) is 5.92 Å². The van der Waals surface area contributed by atoms with Crippen LogP contribution in [0.3, 0.4) is 0 Å². The van der Waals surface area contributed by atoms with Gasteiger partial charge in [0.05, 0.1) is 48.6 Å². The number of amides is 3. The number of fused-ring (bicyclic) bond motifs is 2. The largest absolute Gasteiger partial charge is 0.493 e. The first-order chi connectivity index (χ1) is 23.9. The Morgan fingerprint density at radius 2 is 1.64 bits per heavy atom. The van der Waals surface area contributed by atoms with Crippen molar-refractivity contribution in [3.05, 3.63) is 98.0 Å². The van der Waals surface area contributed by atoms with Crippen molar-refractivity contribution >= 4 is 58.2 Å². The maximum atomic E-state index is 14.1. The monoisotopic (exact) mass is 727 g/mol. The number of imide groups is 1. The Bertz CT molecular complexity index is 2060. The molecular weight excluding hydrogens is 700 g/mol. The van der Waals surface area contributed by atoms with Crippen molar-refractivity contribution < 1.29 is 46.6 Å². The van der Waals surface area contributed by atoms with Crippen LogP contribution in [0.15, 0.2) is 76.6 Å². The zero-order chi connectivity index (χ0) is 35.9. The minimum atomic E-state index is -4.71. The number of carbonyl (C=O) groups excluding carboxylic acids is 4. The SMILES string of the molecule is CCOC(=O)c1ccc(NC(=O)Cn2c3c(sc2=O)[C@H](c2ccc(OC)c(OC)c2)C2C(=O)N(c4cccc(C(F)(F)F)c4)C(=O)C2S3)cc1. The first-order valence-electron chi connectivity index (χ1n) is 15.1. The van der Waals surface area contributed by atoms with E-state index >= 15 is 0 Å². The fourth-order valence-electron chi connectivity index (χ4n) is 5.98. The van der Waals surface area contributed by atoms with Gasteiger partial charge in [-0.05, 0) is 67.1 Å². The second kappa shape index (κ2) is 13.7. The molecule has 0 saturated carbocycles. The van der Waals surface area contributed by atoms with Crippen molar-refractivity contribution in [2.75, 3.05) is 31.0 Å². The third kappa shape index (κ3) is 6.35. The fourth-order valence-corrected chi connectivity index (χ4v) is 8.76. The molecule has 1 saturated heterocycles. The molecule has 2 aliphatic heterocycles. The van der Waals surface area contributed by atoms with Gasteiger partial charge in [0.1, 0.15) is 11.8 Å². The lowest BCUT2D eigenvalue weighted by molar-refractivity contribution is -0.137. The van der Waals surface area contributed by atoms with E-state index in [9.17, 15) is 37.1 Å². The zero-order valence-electron chi connectivity index (χ0n) is 26.6. The molecule has 3 aromatic carbocycles. The molecule has 2 aliphatic rings. The molecule has 1 fully saturated rings. The second-order valence-electron chi connectivity index (χ2n) is 11.2. The van der Waals surface area contributed by atoms with Gasteiger partial charge in [-0.25, -0.2) is 9.69 Å². The molecule has 260 valence electrons. The van der Waals surface area contributed by atoms with Crippen LogP contribution in [0.2, 0.25) is 0 Å². The van der Waals surface area contributed by atoms with Crippen LogP contribution >= 0.6 is 23.1 Å². The predicted octanol–water partition coefficient (Wildman–Crippen LogP) is 5.56. The molecule has 3 amide bonds. The van der Waals surface area contributed by atoms with E-state index in [1.165, 1.54) is 49.1 Å². The summed E-state index contributed by atoms with van der Waals surface area (Å²) in [6.45, 7) is 1.43. The van der Waals surface area contributed by atoms with Crippen LogP contribution in [-0.4, -0.2) is 54.3 Å². The van der Waals surface area contributed by atoms with Crippen molar-refractivity contribution in [3.63, 3.8) is 0 Å². The lowest BCUT2D eigenvalue weighted by Crippen LogP contribution is -2.33. The van der Waals surface area contributed by atoms with Crippen LogP contribution in [0.4, 0.5) is 24.5 Å². The maximum Gasteiger partial charge on any atom is 0.416 e. The average molecular weight is 728 g/mol. The molecule has 0 bridgehead atoms. The minimum absolute atomic E-state index is 0.201. The number of rotatable bonds is 9. The maximum absolute atomic E-state index is 14.1. The number of methoxy groups -OCH3 is 2. The highest BCUT2D eigenvalue weighted by Gasteiger charge is 2.57. The molecule has 3 heterocycles. The third-order valence-corrected chi connectivity index (χ3v) is 10.8. The molecule has 4 aromatic rings. The van der Waals surface area contributed by atoms with Gasteiger partial charge in [-0.2, -0.15) is 13.2 Å². The molecule has 0 radical (unpaired) electrons. The number of thiazole rings is 1. The summed E-state index contributed by atoms with van der Waals surface area (Å²) in [5, 5.41) is 1.83. The summed E-state index contributed by atoms with van der Waals surface area (Å²) in [4.78, 5) is 67.5. The first-order valence-corrected chi connectivity index (χ1v) is 16.8. The van der Waals surface area contributed by atoms with Gasteiger partial charge >= 0.3 is 17.0 Å². The van der Waals surface area contributed by atoms with Crippen LogP contribution < -0.4 is 24.6 Å².